The molecule has 1 aliphatic rings. The van der Waals surface area contributed by atoms with E-state index in [1.807, 2.05) is 0 Å². The third-order valence-corrected chi connectivity index (χ3v) is 3.61. The molecule has 0 amide bonds. The molecule has 106 valence electrons. The molecule has 19 heavy (non-hydrogen) atoms. The fourth-order valence-corrected chi connectivity index (χ4v) is 2.15. The van der Waals surface area contributed by atoms with Gasteiger partial charge in [0, 0.05) is 12.6 Å². The lowest BCUT2D eigenvalue weighted by molar-refractivity contribution is 0.117. The number of ether oxygens (including phenoxy) is 1. The molecule has 0 aromatic heterocycles. The summed E-state index contributed by atoms with van der Waals surface area (Å²) >= 11 is 0. The third kappa shape index (κ3) is 6.22. The molecule has 1 aromatic carbocycles. The van der Waals surface area contributed by atoms with E-state index in [0.717, 1.165) is 32.2 Å². The Balaban J connectivity index is 1.59. The molecule has 0 bridgehead atoms. The van der Waals surface area contributed by atoms with Gasteiger partial charge in [0.1, 0.15) is 0 Å². The van der Waals surface area contributed by atoms with Gasteiger partial charge in [-0.3, -0.25) is 0 Å². The molecule has 1 saturated carbocycles. The van der Waals surface area contributed by atoms with Gasteiger partial charge < -0.3 is 10.1 Å². The van der Waals surface area contributed by atoms with Crippen molar-refractivity contribution in [2.24, 2.45) is 0 Å². The van der Waals surface area contributed by atoms with Crippen molar-refractivity contribution in [3.8, 4) is 0 Å². The highest BCUT2D eigenvalue weighted by atomic mass is 16.5. The predicted molar refractivity (Wildman–Crippen MR) is 80.4 cm³/mol. The third-order valence-electron chi connectivity index (χ3n) is 3.61. The van der Waals surface area contributed by atoms with Crippen LogP contribution in [0.3, 0.4) is 0 Å². The van der Waals surface area contributed by atoms with Gasteiger partial charge in [-0.15, -0.1) is 0 Å². The number of unbranched alkanes of at least 4 members (excludes halogenated alkanes) is 2. The van der Waals surface area contributed by atoms with Gasteiger partial charge in [0.05, 0.1) is 6.61 Å². The first-order valence-corrected chi connectivity index (χ1v) is 7.77. The SMILES string of the molecule is CCCCCOCc1ccc(CCNC2CC2)cc1. The van der Waals surface area contributed by atoms with Gasteiger partial charge in [-0.2, -0.15) is 0 Å². The van der Waals surface area contributed by atoms with Crippen LogP contribution in [0, 0.1) is 0 Å². The summed E-state index contributed by atoms with van der Waals surface area (Å²) in [6, 6.07) is 9.69. The molecule has 2 heteroatoms. The highest BCUT2D eigenvalue weighted by molar-refractivity contribution is 5.22. The van der Waals surface area contributed by atoms with E-state index in [9.17, 15) is 0 Å². The standard InChI is InChI=1S/C17H27NO/c1-2-3-4-13-19-14-16-7-5-15(6-8-16)11-12-18-17-9-10-17/h5-8,17-18H,2-4,9-14H2,1H3. The van der Waals surface area contributed by atoms with Crippen LogP contribution in [-0.4, -0.2) is 19.2 Å². The molecule has 0 heterocycles. The molecular weight excluding hydrogens is 234 g/mol. The van der Waals surface area contributed by atoms with Crippen molar-refractivity contribution >= 4 is 0 Å². The molecule has 2 nitrogen and oxygen atoms in total. The first kappa shape index (κ1) is 14.5. The van der Waals surface area contributed by atoms with E-state index in [2.05, 4.69) is 36.5 Å². The molecular formula is C17H27NO. The zero-order valence-corrected chi connectivity index (χ0v) is 12.2. The topological polar surface area (TPSA) is 21.3 Å². The van der Waals surface area contributed by atoms with Gasteiger partial charge in [-0.05, 0) is 43.4 Å². The normalized spacial score (nSPS) is 14.8. The summed E-state index contributed by atoms with van der Waals surface area (Å²) in [5.41, 5.74) is 2.71. The summed E-state index contributed by atoms with van der Waals surface area (Å²) in [4.78, 5) is 0. The second-order valence-corrected chi connectivity index (χ2v) is 5.55. The van der Waals surface area contributed by atoms with E-state index >= 15 is 0 Å². The Morgan fingerprint density at radius 3 is 2.53 bits per heavy atom. The van der Waals surface area contributed by atoms with Gasteiger partial charge in [-0.25, -0.2) is 0 Å². The van der Waals surface area contributed by atoms with Crippen molar-refractivity contribution in [3.63, 3.8) is 0 Å². The maximum atomic E-state index is 5.67. The molecule has 0 unspecified atom stereocenters. The first-order valence-electron chi connectivity index (χ1n) is 7.77. The highest BCUT2D eigenvalue weighted by Crippen LogP contribution is 2.18. The van der Waals surface area contributed by atoms with Crippen LogP contribution in [0.1, 0.15) is 50.2 Å². The molecule has 1 aliphatic carbocycles. The van der Waals surface area contributed by atoms with E-state index in [-0.39, 0.29) is 0 Å². The summed E-state index contributed by atoms with van der Waals surface area (Å²) < 4.78 is 5.67. The van der Waals surface area contributed by atoms with Crippen LogP contribution in [0.4, 0.5) is 0 Å². The molecule has 0 saturated heterocycles. The molecule has 2 rings (SSSR count). The van der Waals surface area contributed by atoms with Crippen molar-refractivity contribution < 1.29 is 4.74 Å². The van der Waals surface area contributed by atoms with Crippen LogP contribution in [0.25, 0.3) is 0 Å². The second kappa shape index (κ2) is 8.34. The van der Waals surface area contributed by atoms with E-state index in [1.54, 1.807) is 0 Å². The minimum atomic E-state index is 0.754. The summed E-state index contributed by atoms with van der Waals surface area (Å²) in [6.45, 7) is 4.97. The maximum absolute atomic E-state index is 5.67. The molecule has 0 radical (unpaired) electrons. The van der Waals surface area contributed by atoms with Gasteiger partial charge in [-0.1, -0.05) is 44.0 Å². The van der Waals surface area contributed by atoms with E-state index in [1.165, 1.54) is 43.2 Å². The molecule has 0 atom stereocenters. The molecule has 1 aromatic rings. The van der Waals surface area contributed by atoms with Gasteiger partial charge in [0.25, 0.3) is 0 Å². The molecule has 0 spiro atoms. The summed E-state index contributed by atoms with van der Waals surface area (Å²) in [5.74, 6) is 0. The molecule has 1 fully saturated rings. The van der Waals surface area contributed by atoms with Crippen LogP contribution in [0.15, 0.2) is 24.3 Å². The Bertz CT molecular complexity index is 343. The zero-order chi connectivity index (χ0) is 13.3. The van der Waals surface area contributed by atoms with Crippen LogP contribution in [-0.2, 0) is 17.8 Å². The smallest absolute Gasteiger partial charge is 0.0716 e. The number of nitrogens with one attached hydrogen (secondary N) is 1. The first-order chi connectivity index (χ1) is 9.38. The van der Waals surface area contributed by atoms with Gasteiger partial charge in [0.2, 0.25) is 0 Å². The van der Waals surface area contributed by atoms with Crippen molar-refractivity contribution in [1.82, 2.24) is 5.32 Å². The van der Waals surface area contributed by atoms with Gasteiger partial charge >= 0.3 is 0 Å². The Kier molecular flexibility index (Phi) is 6.38. The van der Waals surface area contributed by atoms with Crippen molar-refractivity contribution in [2.75, 3.05) is 13.2 Å². The van der Waals surface area contributed by atoms with Crippen molar-refractivity contribution in [1.29, 1.82) is 0 Å². The number of rotatable bonds is 10. The van der Waals surface area contributed by atoms with E-state index in [0.29, 0.717) is 0 Å². The molecule has 1 N–H and O–H groups in total. The lowest BCUT2D eigenvalue weighted by atomic mass is 10.1. The average Bonchev–Trinajstić information content (AvgIpc) is 3.24. The average molecular weight is 261 g/mol. The lowest BCUT2D eigenvalue weighted by Crippen LogP contribution is -2.19. The van der Waals surface area contributed by atoms with Gasteiger partial charge in [0.15, 0.2) is 0 Å². The van der Waals surface area contributed by atoms with Crippen molar-refractivity contribution in [3.05, 3.63) is 35.4 Å². The lowest BCUT2D eigenvalue weighted by Gasteiger charge is -2.06. The largest absolute Gasteiger partial charge is 0.377 e. The predicted octanol–water partition coefficient (Wildman–Crippen LogP) is 3.69. The zero-order valence-electron chi connectivity index (χ0n) is 12.2. The number of benzene rings is 1. The Morgan fingerprint density at radius 2 is 1.84 bits per heavy atom. The minimum Gasteiger partial charge on any atom is -0.377 e. The minimum absolute atomic E-state index is 0.754. The van der Waals surface area contributed by atoms with Crippen LogP contribution in [0.2, 0.25) is 0 Å². The van der Waals surface area contributed by atoms with Crippen molar-refractivity contribution in [2.45, 2.75) is 58.1 Å². The Morgan fingerprint density at radius 1 is 1.11 bits per heavy atom. The number of hydrogen-bond donors (Lipinski definition) is 1. The number of hydrogen-bond acceptors (Lipinski definition) is 2. The molecule has 0 aliphatic heterocycles. The van der Waals surface area contributed by atoms with Crippen LogP contribution in [0.5, 0.6) is 0 Å². The fraction of sp³-hybridized carbons (Fsp3) is 0.647. The Hall–Kier alpha value is -0.860. The highest BCUT2D eigenvalue weighted by Gasteiger charge is 2.19. The maximum Gasteiger partial charge on any atom is 0.0716 e. The monoisotopic (exact) mass is 261 g/mol. The Labute approximate surface area is 117 Å². The van der Waals surface area contributed by atoms with E-state index < -0.39 is 0 Å². The van der Waals surface area contributed by atoms with Crippen LogP contribution < -0.4 is 5.32 Å². The summed E-state index contributed by atoms with van der Waals surface area (Å²) in [7, 11) is 0. The second-order valence-electron chi connectivity index (χ2n) is 5.55. The summed E-state index contributed by atoms with van der Waals surface area (Å²) in [6.07, 6.45) is 7.58. The van der Waals surface area contributed by atoms with E-state index in [4.69, 9.17) is 4.74 Å². The van der Waals surface area contributed by atoms with Crippen LogP contribution >= 0.6 is 0 Å². The fourth-order valence-electron chi connectivity index (χ4n) is 2.15. The summed E-state index contributed by atoms with van der Waals surface area (Å²) in [5, 5.41) is 3.55. The quantitative estimate of drug-likeness (QED) is 0.649.